The number of rotatable bonds is 7. The summed E-state index contributed by atoms with van der Waals surface area (Å²) < 4.78 is 6.76. The van der Waals surface area contributed by atoms with E-state index >= 15 is 0 Å². The Morgan fingerprint density at radius 2 is 2.08 bits per heavy atom. The number of hydrogen-bond acceptors (Lipinski definition) is 6. The van der Waals surface area contributed by atoms with Crippen molar-refractivity contribution in [3.8, 4) is 0 Å². The summed E-state index contributed by atoms with van der Waals surface area (Å²) in [6.07, 6.45) is 1.92. The van der Waals surface area contributed by atoms with Crippen molar-refractivity contribution >= 4 is 5.91 Å². The second-order valence-electron chi connectivity index (χ2n) is 5.64. The highest BCUT2D eigenvalue weighted by atomic mass is 16.3. The second kappa shape index (κ2) is 7.71. The van der Waals surface area contributed by atoms with Crippen molar-refractivity contribution in [2.75, 3.05) is 6.61 Å². The maximum atomic E-state index is 12.9. The summed E-state index contributed by atoms with van der Waals surface area (Å²) in [5, 5.41) is 23.8. The van der Waals surface area contributed by atoms with Crippen molar-refractivity contribution in [3.05, 3.63) is 65.9 Å². The molecule has 0 spiro atoms. The van der Waals surface area contributed by atoms with Gasteiger partial charge in [0, 0.05) is 6.42 Å². The van der Waals surface area contributed by atoms with Gasteiger partial charge in [0.05, 0.1) is 12.9 Å². The Morgan fingerprint density at radius 3 is 2.68 bits per heavy atom. The number of tetrazole rings is 1. The number of aromatic nitrogens is 4. The topological polar surface area (TPSA) is 106 Å². The van der Waals surface area contributed by atoms with E-state index in [9.17, 15) is 9.90 Å². The monoisotopic (exact) mass is 341 g/mol. The van der Waals surface area contributed by atoms with Crippen LogP contribution in [0.2, 0.25) is 0 Å². The number of nitrogens with one attached hydrogen (secondary N) is 1. The molecule has 3 rings (SSSR count). The van der Waals surface area contributed by atoms with E-state index in [1.807, 2.05) is 30.3 Å². The zero-order valence-electron chi connectivity index (χ0n) is 13.7. The molecule has 8 nitrogen and oxygen atoms in total. The lowest BCUT2D eigenvalue weighted by atomic mass is 10.0. The van der Waals surface area contributed by atoms with Crippen LogP contribution >= 0.6 is 0 Å². The first kappa shape index (κ1) is 16.8. The van der Waals surface area contributed by atoms with Gasteiger partial charge < -0.3 is 14.8 Å². The van der Waals surface area contributed by atoms with Gasteiger partial charge >= 0.3 is 0 Å². The number of carbonyl (C=O) groups excluding carboxylic acids is 1. The highest BCUT2D eigenvalue weighted by Gasteiger charge is 2.27. The summed E-state index contributed by atoms with van der Waals surface area (Å²) in [6.45, 7) is 1.47. The lowest BCUT2D eigenvalue weighted by molar-refractivity contribution is -0.126. The van der Waals surface area contributed by atoms with Gasteiger partial charge in [-0.1, -0.05) is 30.3 Å². The van der Waals surface area contributed by atoms with Crippen molar-refractivity contribution in [1.82, 2.24) is 25.5 Å². The Morgan fingerprint density at radius 1 is 1.28 bits per heavy atom. The standard InChI is InChI=1S/C17H19N5O3/c1-12-19-20-21-22(12)15(10-13-6-3-2-4-7-13)17(24)18-14(11-23)16-8-5-9-25-16/h2-9,14-15,23H,10-11H2,1H3,(H,18,24). The fourth-order valence-corrected chi connectivity index (χ4v) is 2.62. The molecular formula is C17H19N5O3. The molecule has 3 aromatic rings. The molecule has 2 heterocycles. The number of aryl methyl sites for hydroxylation is 1. The molecular weight excluding hydrogens is 322 g/mol. The van der Waals surface area contributed by atoms with Gasteiger partial charge in [-0.05, 0) is 35.0 Å². The van der Waals surface area contributed by atoms with E-state index in [1.54, 1.807) is 19.1 Å². The first-order valence-electron chi connectivity index (χ1n) is 7.92. The first-order chi connectivity index (χ1) is 12.2. The molecule has 0 bridgehead atoms. The summed E-state index contributed by atoms with van der Waals surface area (Å²) in [7, 11) is 0. The van der Waals surface area contributed by atoms with Crippen molar-refractivity contribution in [2.24, 2.45) is 0 Å². The van der Waals surface area contributed by atoms with Crippen LogP contribution in [-0.2, 0) is 11.2 Å². The maximum Gasteiger partial charge on any atom is 0.246 e. The van der Waals surface area contributed by atoms with E-state index in [4.69, 9.17) is 4.42 Å². The zero-order valence-corrected chi connectivity index (χ0v) is 13.7. The minimum atomic E-state index is -0.638. The van der Waals surface area contributed by atoms with Crippen molar-refractivity contribution in [3.63, 3.8) is 0 Å². The Hall–Kier alpha value is -3.00. The Bertz CT molecular complexity index is 801. The van der Waals surface area contributed by atoms with Crippen molar-refractivity contribution < 1.29 is 14.3 Å². The molecule has 1 aromatic carbocycles. The third-order valence-electron chi connectivity index (χ3n) is 3.91. The average Bonchev–Trinajstić information content (AvgIpc) is 3.30. The molecule has 0 radical (unpaired) electrons. The highest BCUT2D eigenvalue weighted by molar-refractivity contribution is 5.81. The van der Waals surface area contributed by atoms with Gasteiger partial charge in [0.25, 0.3) is 0 Å². The van der Waals surface area contributed by atoms with E-state index < -0.39 is 12.1 Å². The molecule has 0 saturated carbocycles. The predicted molar refractivity (Wildman–Crippen MR) is 88.4 cm³/mol. The Kier molecular flexibility index (Phi) is 5.20. The van der Waals surface area contributed by atoms with Gasteiger partial charge in [0.15, 0.2) is 0 Å². The van der Waals surface area contributed by atoms with Crippen molar-refractivity contribution in [1.29, 1.82) is 0 Å². The van der Waals surface area contributed by atoms with Gasteiger partial charge in [-0.3, -0.25) is 4.79 Å². The molecule has 0 aliphatic heterocycles. The molecule has 0 saturated heterocycles. The van der Waals surface area contributed by atoms with Crippen LogP contribution in [0.1, 0.15) is 29.2 Å². The van der Waals surface area contributed by atoms with E-state index in [1.165, 1.54) is 10.9 Å². The van der Waals surface area contributed by atoms with E-state index in [2.05, 4.69) is 20.8 Å². The molecule has 0 aliphatic carbocycles. The lowest BCUT2D eigenvalue weighted by Gasteiger charge is -2.21. The minimum absolute atomic E-state index is 0.272. The number of nitrogens with zero attached hydrogens (tertiary/aromatic N) is 4. The molecule has 1 amide bonds. The third-order valence-corrected chi connectivity index (χ3v) is 3.91. The average molecular weight is 341 g/mol. The van der Waals surface area contributed by atoms with Gasteiger partial charge in [0.2, 0.25) is 5.91 Å². The molecule has 2 unspecified atom stereocenters. The number of aliphatic hydroxyl groups excluding tert-OH is 1. The van der Waals surface area contributed by atoms with Gasteiger partial charge in [-0.15, -0.1) is 5.10 Å². The van der Waals surface area contributed by atoms with Crippen LogP contribution in [0.15, 0.2) is 53.1 Å². The van der Waals surface area contributed by atoms with E-state index in [-0.39, 0.29) is 12.5 Å². The SMILES string of the molecule is Cc1nnnn1C(Cc1ccccc1)C(=O)NC(CO)c1ccco1. The number of furan rings is 1. The Labute approximate surface area is 144 Å². The zero-order chi connectivity index (χ0) is 17.6. The van der Waals surface area contributed by atoms with Crippen LogP contribution in [0.3, 0.4) is 0 Å². The van der Waals surface area contributed by atoms with Gasteiger partial charge in [-0.2, -0.15) is 0 Å². The normalized spacial score (nSPS) is 13.4. The largest absolute Gasteiger partial charge is 0.467 e. The molecule has 2 atom stereocenters. The fraction of sp³-hybridized carbons (Fsp3) is 0.294. The molecule has 2 aromatic heterocycles. The molecule has 2 N–H and O–H groups in total. The molecule has 25 heavy (non-hydrogen) atoms. The number of hydrogen-bond donors (Lipinski definition) is 2. The third kappa shape index (κ3) is 3.92. The van der Waals surface area contributed by atoms with Crippen LogP contribution in [0, 0.1) is 6.92 Å². The maximum absolute atomic E-state index is 12.9. The summed E-state index contributed by atoms with van der Waals surface area (Å²) >= 11 is 0. The van der Waals surface area contributed by atoms with Crippen molar-refractivity contribution in [2.45, 2.75) is 25.4 Å². The predicted octanol–water partition coefficient (Wildman–Crippen LogP) is 1.21. The molecule has 8 heteroatoms. The van der Waals surface area contributed by atoms with Crippen LogP contribution in [0.4, 0.5) is 0 Å². The Balaban J connectivity index is 1.83. The summed E-state index contributed by atoms with van der Waals surface area (Å²) in [5.74, 6) is 0.729. The lowest BCUT2D eigenvalue weighted by Crippen LogP contribution is -2.38. The molecule has 0 aliphatic rings. The van der Waals surface area contributed by atoms with E-state index in [0.29, 0.717) is 18.0 Å². The molecule has 0 fully saturated rings. The highest BCUT2D eigenvalue weighted by Crippen LogP contribution is 2.18. The van der Waals surface area contributed by atoms with Crippen LogP contribution in [-0.4, -0.2) is 37.8 Å². The van der Waals surface area contributed by atoms with E-state index in [0.717, 1.165) is 5.56 Å². The summed E-state index contributed by atoms with van der Waals surface area (Å²) in [6, 6.07) is 11.8. The smallest absolute Gasteiger partial charge is 0.246 e. The van der Waals surface area contributed by atoms with Gasteiger partial charge in [-0.25, -0.2) is 4.68 Å². The molecule has 130 valence electrons. The van der Waals surface area contributed by atoms with Gasteiger partial charge in [0.1, 0.15) is 23.7 Å². The summed E-state index contributed by atoms with van der Waals surface area (Å²) in [4.78, 5) is 12.9. The van der Waals surface area contributed by atoms with Crippen LogP contribution in [0.25, 0.3) is 0 Å². The number of aliphatic hydroxyl groups is 1. The number of amides is 1. The summed E-state index contributed by atoms with van der Waals surface area (Å²) in [5.41, 5.74) is 0.982. The second-order valence-corrected chi connectivity index (χ2v) is 5.64. The van der Waals surface area contributed by atoms with Crippen LogP contribution < -0.4 is 5.32 Å². The quantitative estimate of drug-likeness (QED) is 0.669. The fourth-order valence-electron chi connectivity index (χ4n) is 2.62. The minimum Gasteiger partial charge on any atom is -0.467 e. The number of benzene rings is 1. The van der Waals surface area contributed by atoms with Crippen LogP contribution in [0.5, 0.6) is 0 Å². The number of carbonyl (C=O) groups is 1. The first-order valence-corrected chi connectivity index (χ1v) is 7.92.